The second-order valence-corrected chi connectivity index (χ2v) is 7.44. The highest BCUT2D eigenvalue weighted by molar-refractivity contribution is 5.24. The van der Waals surface area contributed by atoms with E-state index in [1.807, 2.05) is 0 Å². The van der Waals surface area contributed by atoms with Crippen LogP contribution in [0.3, 0.4) is 0 Å². The standard InChI is InChI=1S/C15H24O/c1-14(2)9-12-10-6-11(16)8-15(3,7-10)5-4-13(12)14/h6,11-13,16H,4-5,7-9H2,1-3H3/t11-,12-,13+,15-/m0/s1. The first-order valence-electron chi connectivity index (χ1n) is 6.78. The van der Waals surface area contributed by atoms with E-state index in [9.17, 15) is 5.11 Å². The Balaban J connectivity index is 1.93. The third-order valence-corrected chi connectivity index (χ3v) is 5.51. The van der Waals surface area contributed by atoms with E-state index in [0.717, 1.165) is 18.3 Å². The number of hydrogen-bond donors (Lipinski definition) is 1. The molecule has 2 bridgehead atoms. The van der Waals surface area contributed by atoms with E-state index in [2.05, 4.69) is 26.8 Å². The average Bonchev–Trinajstić information content (AvgIpc) is 2.19. The van der Waals surface area contributed by atoms with Crippen LogP contribution in [0.25, 0.3) is 0 Å². The normalized spacial score (nSPS) is 49.8. The van der Waals surface area contributed by atoms with Gasteiger partial charge in [-0.15, -0.1) is 0 Å². The Morgan fingerprint density at radius 2 is 2.00 bits per heavy atom. The van der Waals surface area contributed by atoms with Crippen molar-refractivity contribution in [1.29, 1.82) is 0 Å². The molecule has 3 aliphatic carbocycles. The maximum absolute atomic E-state index is 9.99. The van der Waals surface area contributed by atoms with Crippen molar-refractivity contribution in [3.63, 3.8) is 0 Å². The Labute approximate surface area is 98.9 Å². The van der Waals surface area contributed by atoms with Crippen LogP contribution in [0.4, 0.5) is 0 Å². The number of aliphatic hydroxyl groups excluding tert-OH is 1. The summed E-state index contributed by atoms with van der Waals surface area (Å²) in [5, 5.41) is 9.99. The second-order valence-electron chi connectivity index (χ2n) is 7.44. The summed E-state index contributed by atoms with van der Waals surface area (Å²) in [4.78, 5) is 0. The van der Waals surface area contributed by atoms with Crippen molar-refractivity contribution in [2.45, 2.75) is 59.0 Å². The molecular formula is C15H24O. The van der Waals surface area contributed by atoms with Gasteiger partial charge in [0.2, 0.25) is 0 Å². The molecule has 1 nitrogen and oxygen atoms in total. The summed E-state index contributed by atoms with van der Waals surface area (Å²) >= 11 is 0. The Kier molecular flexibility index (Phi) is 2.12. The smallest absolute Gasteiger partial charge is 0.0728 e. The first-order valence-corrected chi connectivity index (χ1v) is 6.78. The predicted octanol–water partition coefficient (Wildman–Crippen LogP) is 3.53. The molecule has 0 heterocycles. The summed E-state index contributed by atoms with van der Waals surface area (Å²) in [5.41, 5.74) is 2.52. The van der Waals surface area contributed by atoms with E-state index >= 15 is 0 Å². The zero-order valence-corrected chi connectivity index (χ0v) is 10.8. The molecule has 1 heteroatoms. The van der Waals surface area contributed by atoms with Gasteiger partial charge in [0.15, 0.2) is 0 Å². The van der Waals surface area contributed by atoms with Crippen molar-refractivity contribution in [1.82, 2.24) is 0 Å². The maximum Gasteiger partial charge on any atom is 0.0728 e. The molecular weight excluding hydrogens is 196 g/mol. The molecule has 2 saturated carbocycles. The van der Waals surface area contributed by atoms with Crippen molar-refractivity contribution in [3.8, 4) is 0 Å². The van der Waals surface area contributed by atoms with Crippen molar-refractivity contribution >= 4 is 0 Å². The molecule has 1 N–H and O–H groups in total. The molecule has 0 aromatic heterocycles. The Bertz CT molecular complexity index is 341. The molecule has 16 heavy (non-hydrogen) atoms. The fraction of sp³-hybridized carbons (Fsp3) is 0.867. The fourth-order valence-electron chi connectivity index (χ4n) is 4.61. The van der Waals surface area contributed by atoms with Crippen LogP contribution in [-0.4, -0.2) is 11.2 Å². The minimum Gasteiger partial charge on any atom is -0.389 e. The first-order chi connectivity index (χ1) is 7.40. The molecule has 0 radical (unpaired) electrons. The molecule has 3 aliphatic rings. The predicted molar refractivity (Wildman–Crippen MR) is 66.0 cm³/mol. The zero-order valence-electron chi connectivity index (χ0n) is 10.8. The lowest BCUT2D eigenvalue weighted by Gasteiger charge is -2.52. The summed E-state index contributed by atoms with van der Waals surface area (Å²) in [6.07, 6.45) is 8.27. The van der Waals surface area contributed by atoms with Gasteiger partial charge < -0.3 is 5.11 Å². The number of hydrogen-bond acceptors (Lipinski definition) is 1. The minimum absolute atomic E-state index is 0.170. The number of aliphatic hydroxyl groups is 1. The number of allylic oxidation sites excluding steroid dienone is 1. The van der Waals surface area contributed by atoms with E-state index in [4.69, 9.17) is 0 Å². The lowest BCUT2D eigenvalue weighted by atomic mass is 9.53. The van der Waals surface area contributed by atoms with Gasteiger partial charge in [0, 0.05) is 0 Å². The van der Waals surface area contributed by atoms with Crippen molar-refractivity contribution in [2.24, 2.45) is 22.7 Å². The topological polar surface area (TPSA) is 20.2 Å². The summed E-state index contributed by atoms with van der Waals surface area (Å²) in [6, 6.07) is 0. The first kappa shape index (κ1) is 10.8. The number of rotatable bonds is 0. The van der Waals surface area contributed by atoms with Gasteiger partial charge in [0.1, 0.15) is 0 Å². The highest BCUT2D eigenvalue weighted by atomic mass is 16.3. The zero-order chi connectivity index (χ0) is 11.6. The molecule has 4 atom stereocenters. The van der Waals surface area contributed by atoms with Gasteiger partial charge >= 0.3 is 0 Å². The van der Waals surface area contributed by atoms with Crippen LogP contribution >= 0.6 is 0 Å². The van der Waals surface area contributed by atoms with Gasteiger partial charge in [-0.05, 0) is 54.8 Å². The Hall–Kier alpha value is -0.300. The molecule has 0 spiro atoms. The largest absolute Gasteiger partial charge is 0.389 e. The van der Waals surface area contributed by atoms with Crippen LogP contribution in [0.5, 0.6) is 0 Å². The van der Waals surface area contributed by atoms with E-state index in [-0.39, 0.29) is 6.10 Å². The SMILES string of the molecule is CC1(C)C[C@H]2C3=C[C@H](O)C[C@@](C)(CC[C@H]21)C3. The lowest BCUT2D eigenvalue weighted by Crippen LogP contribution is -2.44. The molecule has 0 saturated heterocycles. The molecule has 0 unspecified atom stereocenters. The molecule has 0 aromatic rings. The third-order valence-electron chi connectivity index (χ3n) is 5.51. The summed E-state index contributed by atoms with van der Waals surface area (Å²) < 4.78 is 0. The quantitative estimate of drug-likeness (QED) is 0.619. The highest BCUT2D eigenvalue weighted by Crippen LogP contribution is 2.61. The minimum atomic E-state index is -0.170. The van der Waals surface area contributed by atoms with Gasteiger partial charge in [-0.25, -0.2) is 0 Å². The molecule has 0 aromatic carbocycles. The van der Waals surface area contributed by atoms with E-state index in [1.165, 1.54) is 25.7 Å². The van der Waals surface area contributed by atoms with Gasteiger partial charge in [0.05, 0.1) is 6.10 Å². The second kappa shape index (κ2) is 3.13. The summed E-state index contributed by atoms with van der Waals surface area (Å²) in [6.45, 7) is 7.21. The Morgan fingerprint density at radius 3 is 2.69 bits per heavy atom. The number of fused-ring (bicyclic) bond motifs is 4. The van der Waals surface area contributed by atoms with E-state index in [1.54, 1.807) is 5.57 Å². The monoisotopic (exact) mass is 220 g/mol. The van der Waals surface area contributed by atoms with Gasteiger partial charge in [-0.2, -0.15) is 0 Å². The van der Waals surface area contributed by atoms with Crippen LogP contribution in [0.15, 0.2) is 11.6 Å². The average molecular weight is 220 g/mol. The van der Waals surface area contributed by atoms with Crippen LogP contribution in [0.1, 0.15) is 52.9 Å². The maximum atomic E-state index is 9.99. The van der Waals surface area contributed by atoms with Gasteiger partial charge in [-0.3, -0.25) is 0 Å². The van der Waals surface area contributed by atoms with E-state index < -0.39 is 0 Å². The molecule has 3 rings (SSSR count). The molecule has 90 valence electrons. The van der Waals surface area contributed by atoms with Crippen molar-refractivity contribution in [3.05, 3.63) is 11.6 Å². The summed E-state index contributed by atoms with van der Waals surface area (Å²) in [7, 11) is 0. The van der Waals surface area contributed by atoms with Crippen molar-refractivity contribution in [2.75, 3.05) is 0 Å². The van der Waals surface area contributed by atoms with Crippen LogP contribution in [0, 0.1) is 22.7 Å². The van der Waals surface area contributed by atoms with Crippen LogP contribution < -0.4 is 0 Å². The van der Waals surface area contributed by atoms with Crippen molar-refractivity contribution < 1.29 is 5.11 Å². The van der Waals surface area contributed by atoms with E-state index in [0.29, 0.717) is 10.8 Å². The van der Waals surface area contributed by atoms with Gasteiger partial charge in [0.25, 0.3) is 0 Å². The Morgan fingerprint density at radius 1 is 1.25 bits per heavy atom. The molecule has 0 amide bonds. The van der Waals surface area contributed by atoms with Gasteiger partial charge in [-0.1, -0.05) is 32.4 Å². The third kappa shape index (κ3) is 1.48. The lowest BCUT2D eigenvalue weighted by molar-refractivity contribution is 0.00655. The highest BCUT2D eigenvalue weighted by Gasteiger charge is 2.52. The fourth-order valence-corrected chi connectivity index (χ4v) is 4.61. The van der Waals surface area contributed by atoms with Crippen LogP contribution in [0.2, 0.25) is 0 Å². The molecule has 2 fully saturated rings. The molecule has 0 aliphatic heterocycles. The summed E-state index contributed by atoms with van der Waals surface area (Å²) in [5.74, 6) is 1.68. The van der Waals surface area contributed by atoms with Crippen LogP contribution in [-0.2, 0) is 0 Å².